The molecule has 1 aromatic carbocycles. The van der Waals surface area contributed by atoms with Gasteiger partial charge >= 0.3 is 0 Å². The second-order valence-electron chi connectivity index (χ2n) is 4.15. The third kappa shape index (κ3) is 3.19. The van der Waals surface area contributed by atoms with Crippen LogP contribution in [0.1, 0.15) is 19.5 Å². The summed E-state index contributed by atoms with van der Waals surface area (Å²) in [4.78, 5) is 8.68. The van der Waals surface area contributed by atoms with Crippen LogP contribution >= 0.6 is 0 Å². The highest BCUT2D eigenvalue weighted by Crippen LogP contribution is 2.23. The fraction of sp³-hybridized carbons (Fsp3) is 0.286. The lowest BCUT2D eigenvalue weighted by Gasteiger charge is -2.08. The molecule has 100 valence electrons. The van der Waals surface area contributed by atoms with Gasteiger partial charge in [0.15, 0.2) is 5.82 Å². The Balaban J connectivity index is 2.50. The molecule has 2 N–H and O–H groups in total. The summed E-state index contributed by atoms with van der Waals surface area (Å²) >= 11 is 0. The largest absolute Gasteiger partial charge is 0.508 e. The quantitative estimate of drug-likeness (QED) is 0.888. The molecular weight excluding hydrogens is 245 g/mol. The molecule has 0 aliphatic heterocycles. The zero-order valence-corrected chi connectivity index (χ0v) is 10.9. The maximum absolute atomic E-state index is 13.3. The molecule has 0 aliphatic rings. The molecule has 0 spiro atoms. The third-order valence-electron chi connectivity index (χ3n) is 2.64. The molecule has 19 heavy (non-hydrogen) atoms. The number of nitrogens with zero attached hydrogens (tertiary/aromatic N) is 2. The second kappa shape index (κ2) is 5.65. The molecule has 0 radical (unpaired) electrons. The van der Waals surface area contributed by atoms with Crippen LogP contribution in [0.4, 0.5) is 10.2 Å². The second-order valence-corrected chi connectivity index (χ2v) is 4.15. The van der Waals surface area contributed by atoms with Gasteiger partial charge in [0, 0.05) is 29.9 Å². The molecule has 0 saturated carbocycles. The number of aryl methyl sites for hydroxylation is 1. The summed E-state index contributed by atoms with van der Waals surface area (Å²) in [6.45, 7) is 4.71. The van der Waals surface area contributed by atoms with Gasteiger partial charge in [0.05, 0.1) is 0 Å². The lowest BCUT2D eigenvalue weighted by Crippen LogP contribution is -2.03. The van der Waals surface area contributed by atoms with Crippen molar-refractivity contribution < 1.29 is 9.50 Å². The Morgan fingerprint density at radius 3 is 2.58 bits per heavy atom. The number of rotatable bonds is 4. The first-order valence-corrected chi connectivity index (χ1v) is 6.24. The summed E-state index contributed by atoms with van der Waals surface area (Å²) in [6.07, 6.45) is 0.759. The summed E-state index contributed by atoms with van der Waals surface area (Å²) in [5, 5.41) is 12.6. The van der Waals surface area contributed by atoms with Gasteiger partial charge in [0.25, 0.3) is 0 Å². The molecule has 0 bridgehead atoms. The van der Waals surface area contributed by atoms with Crippen LogP contribution in [0.5, 0.6) is 5.75 Å². The predicted octanol–water partition coefficient (Wildman–Crippen LogP) is 2.98. The topological polar surface area (TPSA) is 58.0 Å². The molecule has 0 amide bonds. The van der Waals surface area contributed by atoms with E-state index in [9.17, 15) is 9.50 Å². The Morgan fingerprint density at radius 2 is 1.95 bits per heavy atom. The Bertz CT molecular complexity index is 567. The molecule has 0 unspecified atom stereocenters. The summed E-state index contributed by atoms with van der Waals surface area (Å²) in [5.74, 6) is 0.467. The number of aromatic hydroxyl groups is 1. The predicted molar refractivity (Wildman–Crippen MR) is 72.6 cm³/mol. The molecule has 2 rings (SSSR count). The van der Waals surface area contributed by atoms with Crippen LogP contribution in [-0.2, 0) is 6.42 Å². The van der Waals surface area contributed by atoms with E-state index in [1.807, 2.05) is 19.9 Å². The van der Waals surface area contributed by atoms with Crippen molar-refractivity contribution in [3.63, 3.8) is 0 Å². The summed E-state index contributed by atoms with van der Waals surface area (Å²) in [6, 6.07) is 5.68. The maximum Gasteiger partial charge on any atom is 0.161 e. The van der Waals surface area contributed by atoms with Crippen LogP contribution in [0.3, 0.4) is 0 Å². The number of aromatic nitrogens is 2. The van der Waals surface area contributed by atoms with Crippen molar-refractivity contribution in [2.45, 2.75) is 20.3 Å². The number of phenolic OH excluding ortho intramolecular Hbond substituents is 1. The van der Waals surface area contributed by atoms with E-state index in [1.165, 1.54) is 12.1 Å². The van der Waals surface area contributed by atoms with E-state index in [4.69, 9.17) is 0 Å². The van der Waals surface area contributed by atoms with Crippen molar-refractivity contribution in [2.24, 2.45) is 0 Å². The van der Waals surface area contributed by atoms with Gasteiger partial charge in [0.1, 0.15) is 17.4 Å². The van der Waals surface area contributed by atoms with E-state index in [0.29, 0.717) is 17.2 Å². The van der Waals surface area contributed by atoms with Gasteiger partial charge in [-0.1, -0.05) is 6.92 Å². The average molecular weight is 261 g/mol. The van der Waals surface area contributed by atoms with Crippen LogP contribution in [0.15, 0.2) is 24.3 Å². The van der Waals surface area contributed by atoms with E-state index in [2.05, 4.69) is 15.3 Å². The van der Waals surface area contributed by atoms with Crippen LogP contribution in [0.25, 0.3) is 11.4 Å². The van der Waals surface area contributed by atoms with Crippen molar-refractivity contribution >= 4 is 5.82 Å². The van der Waals surface area contributed by atoms with Gasteiger partial charge in [0.2, 0.25) is 0 Å². The molecule has 0 saturated heterocycles. The van der Waals surface area contributed by atoms with Gasteiger partial charge in [-0.05, 0) is 25.5 Å². The number of hydrogen-bond acceptors (Lipinski definition) is 4. The SMILES string of the molecule is CCNc1cc(CC)nc(-c2cc(O)cc(F)c2)n1. The van der Waals surface area contributed by atoms with Crippen LogP contribution in [0.2, 0.25) is 0 Å². The fourth-order valence-corrected chi connectivity index (χ4v) is 1.78. The number of anilines is 1. The van der Waals surface area contributed by atoms with E-state index in [0.717, 1.165) is 24.7 Å². The van der Waals surface area contributed by atoms with Gasteiger partial charge in [-0.2, -0.15) is 0 Å². The Morgan fingerprint density at radius 1 is 1.16 bits per heavy atom. The molecule has 2 aromatic rings. The molecule has 0 atom stereocenters. The van der Waals surface area contributed by atoms with Gasteiger partial charge in [-0.15, -0.1) is 0 Å². The van der Waals surface area contributed by atoms with Gasteiger partial charge in [-0.25, -0.2) is 14.4 Å². The van der Waals surface area contributed by atoms with E-state index in [1.54, 1.807) is 0 Å². The fourth-order valence-electron chi connectivity index (χ4n) is 1.78. The maximum atomic E-state index is 13.3. The monoisotopic (exact) mass is 261 g/mol. The lowest BCUT2D eigenvalue weighted by molar-refractivity contribution is 0.469. The van der Waals surface area contributed by atoms with Crippen molar-refractivity contribution in [2.75, 3.05) is 11.9 Å². The zero-order valence-electron chi connectivity index (χ0n) is 10.9. The first kappa shape index (κ1) is 13.3. The Hall–Kier alpha value is -2.17. The van der Waals surface area contributed by atoms with E-state index >= 15 is 0 Å². The van der Waals surface area contributed by atoms with Crippen molar-refractivity contribution in [3.05, 3.63) is 35.8 Å². The van der Waals surface area contributed by atoms with Crippen molar-refractivity contribution in [1.82, 2.24) is 9.97 Å². The number of benzene rings is 1. The Kier molecular flexibility index (Phi) is 3.94. The van der Waals surface area contributed by atoms with Crippen LogP contribution in [0, 0.1) is 5.82 Å². The van der Waals surface area contributed by atoms with Gasteiger partial charge in [-0.3, -0.25) is 0 Å². The lowest BCUT2D eigenvalue weighted by atomic mass is 10.2. The highest BCUT2D eigenvalue weighted by Gasteiger charge is 2.08. The smallest absolute Gasteiger partial charge is 0.161 e. The Labute approximate surface area is 111 Å². The summed E-state index contributed by atoms with van der Waals surface area (Å²) in [7, 11) is 0. The first-order valence-electron chi connectivity index (χ1n) is 6.24. The van der Waals surface area contributed by atoms with Gasteiger partial charge < -0.3 is 10.4 Å². The molecule has 0 aliphatic carbocycles. The molecule has 0 fully saturated rings. The molecular formula is C14H16FN3O. The minimum atomic E-state index is -0.509. The summed E-state index contributed by atoms with van der Waals surface area (Å²) in [5.41, 5.74) is 1.33. The minimum Gasteiger partial charge on any atom is -0.508 e. The van der Waals surface area contributed by atoms with E-state index < -0.39 is 5.82 Å². The zero-order chi connectivity index (χ0) is 13.8. The standard InChI is InChI=1S/C14H16FN3O/c1-3-11-8-13(16-4-2)18-14(17-11)9-5-10(15)7-12(19)6-9/h5-8,19H,3-4H2,1-2H3,(H,16,17,18). The van der Waals surface area contributed by atoms with Crippen molar-refractivity contribution in [1.29, 1.82) is 0 Å². The normalized spacial score (nSPS) is 10.5. The molecule has 1 aromatic heterocycles. The number of phenols is 1. The highest BCUT2D eigenvalue weighted by molar-refractivity contribution is 5.59. The molecule has 1 heterocycles. The number of hydrogen-bond donors (Lipinski definition) is 2. The summed E-state index contributed by atoms with van der Waals surface area (Å²) < 4.78 is 13.3. The van der Waals surface area contributed by atoms with Crippen LogP contribution < -0.4 is 5.32 Å². The minimum absolute atomic E-state index is 0.134. The highest BCUT2D eigenvalue weighted by atomic mass is 19.1. The van der Waals surface area contributed by atoms with Crippen LogP contribution in [-0.4, -0.2) is 21.6 Å². The third-order valence-corrected chi connectivity index (χ3v) is 2.64. The van der Waals surface area contributed by atoms with Crippen molar-refractivity contribution in [3.8, 4) is 17.1 Å². The van der Waals surface area contributed by atoms with E-state index in [-0.39, 0.29) is 5.75 Å². The number of halogens is 1. The number of nitrogens with one attached hydrogen (secondary N) is 1. The average Bonchev–Trinajstić information content (AvgIpc) is 2.37. The first-order chi connectivity index (χ1) is 9.12. The molecule has 4 nitrogen and oxygen atoms in total. The molecule has 5 heteroatoms.